The number of halogens is 7. The molecule has 4 aromatic rings. The molecule has 1 fully saturated rings. The summed E-state index contributed by atoms with van der Waals surface area (Å²) in [5.41, 5.74) is 3.35. The van der Waals surface area contributed by atoms with Crippen LogP contribution in [0.3, 0.4) is 0 Å². The molecular formula is C28H21F7N6O2. The largest absolute Gasteiger partial charge is 0.375 e. The van der Waals surface area contributed by atoms with Gasteiger partial charge in [0.05, 0.1) is 36.1 Å². The summed E-state index contributed by atoms with van der Waals surface area (Å²) in [5, 5.41) is 3.15. The number of amides is 3. The molecule has 1 N–H and O–H groups in total. The van der Waals surface area contributed by atoms with E-state index in [0.29, 0.717) is 39.0 Å². The number of piperidine rings is 1. The molecular weight excluding hydrogens is 585 g/mol. The highest BCUT2D eigenvalue weighted by molar-refractivity contribution is 6.32. The fourth-order valence-corrected chi connectivity index (χ4v) is 6.14. The van der Waals surface area contributed by atoms with Crippen molar-refractivity contribution >= 4 is 39.6 Å². The maximum atomic E-state index is 15.0. The molecule has 0 radical (unpaired) electrons. The molecule has 1 aromatic carbocycles. The third-order valence-electron chi connectivity index (χ3n) is 8.18. The van der Waals surface area contributed by atoms with Gasteiger partial charge >= 0.3 is 23.8 Å². The third-order valence-corrected chi connectivity index (χ3v) is 8.18. The summed E-state index contributed by atoms with van der Waals surface area (Å²) in [6.45, 7) is -4.13. The van der Waals surface area contributed by atoms with Crippen LogP contribution in [0.4, 0.5) is 35.5 Å². The summed E-state index contributed by atoms with van der Waals surface area (Å²) >= 11 is 0. The first-order valence-corrected chi connectivity index (χ1v) is 13.2. The van der Waals surface area contributed by atoms with Gasteiger partial charge < -0.3 is 19.7 Å². The number of likely N-dealkylation sites (tertiary alicyclic amines) is 1. The molecule has 7 rings (SSSR count). The zero-order valence-electron chi connectivity index (χ0n) is 22.1. The lowest BCUT2D eigenvalue weighted by atomic mass is 9.98. The van der Waals surface area contributed by atoms with Crippen LogP contribution in [0.5, 0.6) is 0 Å². The number of fused-ring (bicyclic) bond motifs is 1. The number of carbonyl (C=O) groups excluding carboxylic acids is 2. The smallest absolute Gasteiger partial charge is 0.348 e. The molecule has 0 saturated carbocycles. The Morgan fingerprint density at radius 1 is 0.977 bits per heavy atom. The first-order chi connectivity index (χ1) is 20.3. The zero-order valence-corrected chi connectivity index (χ0v) is 22.1. The van der Waals surface area contributed by atoms with Crippen molar-refractivity contribution in [1.82, 2.24) is 29.1 Å². The van der Waals surface area contributed by atoms with E-state index in [4.69, 9.17) is 0 Å². The van der Waals surface area contributed by atoms with Gasteiger partial charge in [-0.15, -0.1) is 0 Å². The van der Waals surface area contributed by atoms with E-state index in [1.165, 1.54) is 6.07 Å². The van der Waals surface area contributed by atoms with Crippen molar-refractivity contribution in [2.45, 2.75) is 30.9 Å². The minimum Gasteiger partial charge on any atom is -0.348 e. The Morgan fingerprint density at radius 2 is 1.72 bits per heavy atom. The van der Waals surface area contributed by atoms with Crippen molar-refractivity contribution in [1.29, 1.82) is 0 Å². The molecule has 0 atom stereocenters. The van der Waals surface area contributed by atoms with Crippen molar-refractivity contribution in [2.75, 3.05) is 26.2 Å². The van der Waals surface area contributed by atoms with E-state index in [2.05, 4.69) is 10.3 Å². The Morgan fingerprint density at radius 3 is 2.47 bits per heavy atom. The van der Waals surface area contributed by atoms with Gasteiger partial charge in [-0.3, -0.25) is 9.20 Å². The SMILES string of the molecule is O=C1NCC(c2cnc3ccccn23)=C1c1cn2c3c(cc(F)cc13)CN(C(=O)N1CC(F)(F)C(F)(F)C(F)(F)C1)CC2. The molecule has 224 valence electrons. The van der Waals surface area contributed by atoms with Gasteiger partial charge in [0.2, 0.25) is 0 Å². The predicted molar refractivity (Wildman–Crippen MR) is 139 cm³/mol. The van der Waals surface area contributed by atoms with E-state index in [1.807, 2.05) is 16.5 Å². The molecule has 0 aliphatic carbocycles. The van der Waals surface area contributed by atoms with Gasteiger partial charge in [-0.05, 0) is 29.8 Å². The number of benzene rings is 1. The lowest BCUT2D eigenvalue weighted by Crippen LogP contribution is -2.69. The highest BCUT2D eigenvalue weighted by Gasteiger charge is 2.75. The molecule has 0 bridgehead atoms. The number of urea groups is 1. The lowest BCUT2D eigenvalue weighted by molar-refractivity contribution is -0.333. The standard InChI is InChI=1S/C28H21F7N6O2/c29-16-7-15-11-39(25(43)40-13-26(30,31)28(34,35)27(32,33)14-40)6-5-38-12-19(17(8-16)23(15)38)22-18(9-37-24(22)42)20-10-36-21-3-1-2-4-41(20)21/h1-4,7-8,10,12H,5-6,9,11,13-14H2,(H,37,42). The number of nitrogens with one attached hydrogen (secondary N) is 1. The molecule has 3 amide bonds. The van der Waals surface area contributed by atoms with Crippen LogP contribution < -0.4 is 5.32 Å². The molecule has 3 aromatic heterocycles. The molecule has 3 aliphatic heterocycles. The van der Waals surface area contributed by atoms with Gasteiger partial charge in [0.1, 0.15) is 11.5 Å². The fraction of sp³-hybridized carbons (Fsp3) is 0.321. The number of nitrogens with zero attached hydrogens (tertiary/aromatic N) is 5. The average molecular weight is 607 g/mol. The van der Waals surface area contributed by atoms with Gasteiger partial charge in [0, 0.05) is 55.1 Å². The van der Waals surface area contributed by atoms with Crippen LogP contribution in [0.2, 0.25) is 0 Å². The monoisotopic (exact) mass is 606 g/mol. The second-order valence-electron chi connectivity index (χ2n) is 10.8. The van der Waals surface area contributed by atoms with Crippen molar-refractivity contribution in [3.8, 4) is 0 Å². The van der Waals surface area contributed by atoms with Crippen LogP contribution in [0.1, 0.15) is 16.8 Å². The van der Waals surface area contributed by atoms with Crippen LogP contribution in [-0.4, -0.2) is 79.6 Å². The van der Waals surface area contributed by atoms with E-state index < -0.39 is 42.7 Å². The normalized spacial score (nSPS) is 21.0. The Bertz CT molecular complexity index is 1860. The molecule has 15 heteroatoms. The molecule has 6 heterocycles. The van der Waals surface area contributed by atoms with Crippen molar-refractivity contribution in [3.05, 3.63) is 71.6 Å². The van der Waals surface area contributed by atoms with E-state index in [1.54, 1.807) is 29.2 Å². The number of hydrogen-bond acceptors (Lipinski definition) is 3. The Kier molecular flexibility index (Phi) is 5.69. The van der Waals surface area contributed by atoms with Crippen molar-refractivity contribution in [3.63, 3.8) is 0 Å². The topological polar surface area (TPSA) is 74.9 Å². The minimum absolute atomic E-state index is 0.00975. The first-order valence-electron chi connectivity index (χ1n) is 13.2. The summed E-state index contributed by atoms with van der Waals surface area (Å²) in [6, 6.07) is 6.50. The summed E-state index contributed by atoms with van der Waals surface area (Å²) in [6.07, 6.45) is 5.05. The van der Waals surface area contributed by atoms with E-state index in [9.17, 15) is 35.9 Å². The number of imidazole rings is 1. The maximum absolute atomic E-state index is 15.0. The maximum Gasteiger partial charge on any atom is 0.375 e. The van der Waals surface area contributed by atoms with Crippen molar-refractivity contribution in [2.24, 2.45) is 0 Å². The molecule has 0 spiro atoms. The number of pyridine rings is 1. The fourth-order valence-electron chi connectivity index (χ4n) is 6.14. The molecule has 3 aliphatic rings. The van der Waals surface area contributed by atoms with Crippen LogP contribution in [0, 0.1) is 5.82 Å². The summed E-state index contributed by atoms with van der Waals surface area (Å²) < 4.78 is 102. The van der Waals surface area contributed by atoms with Gasteiger partial charge in [-0.1, -0.05) is 6.07 Å². The average Bonchev–Trinajstić information content (AvgIpc) is 3.59. The van der Waals surface area contributed by atoms with Gasteiger partial charge in [0.15, 0.2) is 0 Å². The number of rotatable bonds is 2. The molecule has 0 unspecified atom stereocenters. The van der Waals surface area contributed by atoms with E-state index in [0.717, 1.165) is 11.0 Å². The van der Waals surface area contributed by atoms with Crippen LogP contribution >= 0.6 is 0 Å². The minimum atomic E-state index is -5.62. The summed E-state index contributed by atoms with van der Waals surface area (Å²) in [4.78, 5) is 31.6. The lowest BCUT2D eigenvalue weighted by Gasteiger charge is -2.43. The second kappa shape index (κ2) is 8.97. The number of alkyl halides is 6. The zero-order chi connectivity index (χ0) is 30.5. The van der Waals surface area contributed by atoms with Crippen molar-refractivity contribution < 1.29 is 40.3 Å². The predicted octanol–water partition coefficient (Wildman–Crippen LogP) is 4.63. The van der Waals surface area contributed by atoms with Gasteiger partial charge in [-0.25, -0.2) is 14.2 Å². The highest BCUT2D eigenvalue weighted by atomic mass is 19.3. The first kappa shape index (κ1) is 27.3. The number of carbonyl (C=O) groups is 2. The molecule has 8 nitrogen and oxygen atoms in total. The second-order valence-corrected chi connectivity index (χ2v) is 10.8. The quantitative estimate of drug-likeness (QED) is 0.339. The van der Waals surface area contributed by atoms with Gasteiger partial charge in [0.25, 0.3) is 5.91 Å². The van der Waals surface area contributed by atoms with Gasteiger partial charge in [-0.2, -0.15) is 26.3 Å². The number of aromatic nitrogens is 3. The summed E-state index contributed by atoms with van der Waals surface area (Å²) in [5.74, 6) is -17.0. The molecule has 1 saturated heterocycles. The van der Waals surface area contributed by atoms with Crippen LogP contribution in [0.25, 0.3) is 27.7 Å². The summed E-state index contributed by atoms with van der Waals surface area (Å²) in [7, 11) is 0. The number of hydrogen-bond donors (Lipinski definition) is 1. The molecule has 43 heavy (non-hydrogen) atoms. The van der Waals surface area contributed by atoms with Crippen LogP contribution in [0.15, 0.2) is 48.9 Å². The Labute approximate surface area is 238 Å². The van der Waals surface area contributed by atoms with E-state index in [-0.39, 0.29) is 42.5 Å². The highest BCUT2D eigenvalue weighted by Crippen LogP contribution is 2.49. The third kappa shape index (κ3) is 3.93. The van der Waals surface area contributed by atoms with E-state index >= 15 is 4.39 Å². The Balaban J connectivity index is 1.28. The van der Waals surface area contributed by atoms with Crippen LogP contribution in [-0.2, 0) is 17.9 Å². The Hall–Kier alpha value is -4.56.